The van der Waals surface area contributed by atoms with E-state index in [1.807, 2.05) is 0 Å². The molecule has 21 heavy (non-hydrogen) atoms. The molecule has 124 valence electrons. The Kier molecular flexibility index (Phi) is 7.23. The average Bonchev–Trinajstić information content (AvgIpc) is 2.42. The fourth-order valence-electron chi connectivity index (χ4n) is 4.76. The van der Waals surface area contributed by atoms with Gasteiger partial charge in [0.2, 0.25) is 5.91 Å². The zero-order valence-corrected chi connectivity index (χ0v) is 15.0. The minimum atomic E-state index is -0.0555. The standard InChI is InChI=1S/C19H37NO/c1-6-8-9-10-12-19(5)13-11-15(14(3)4)17(18(20)21)16(19)7-2/h14-17H,6-13H2,1-5H3,(H2,20,21). The third kappa shape index (κ3) is 4.47. The van der Waals surface area contributed by atoms with Gasteiger partial charge in [-0.3, -0.25) is 4.79 Å². The third-order valence-electron chi connectivity index (χ3n) is 6.06. The predicted molar refractivity (Wildman–Crippen MR) is 90.9 cm³/mol. The SMILES string of the molecule is CCCCCCC1(C)CCC(C(C)C)C(C(N)=O)C1CC. The average molecular weight is 296 g/mol. The molecule has 0 spiro atoms. The number of nitrogens with two attached hydrogens (primary N) is 1. The van der Waals surface area contributed by atoms with Gasteiger partial charge in [-0.05, 0) is 42.4 Å². The van der Waals surface area contributed by atoms with Gasteiger partial charge in [-0.15, -0.1) is 0 Å². The molecule has 0 heterocycles. The maximum absolute atomic E-state index is 12.1. The molecular weight excluding hydrogens is 258 g/mol. The second-order valence-electron chi connectivity index (χ2n) is 7.85. The molecule has 0 bridgehead atoms. The summed E-state index contributed by atoms with van der Waals surface area (Å²) in [5, 5.41) is 0. The summed E-state index contributed by atoms with van der Waals surface area (Å²) in [6, 6.07) is 0. The van der Waals surface area contributed by atoms with Gasteiger partial charge in [0.1, 0.15) is 0 Å². The van der Waals surface area contributed by atoms with Crippen molar-refractivity contribution in [1.29, 1.82) is 0 Å². The molecule has 0 saturated heterocycles. The van der Waals surface area contributed by atoms with E-state index in [2.05, 4.69) is 34.6 Å². The minimum Gasteiger partial charge on any atom is -0.369 e. The van der Waals surface area contributed by atoms with Crippen LogP contribution in [0, 0.1) is 29.1 Å². The topological polar surface area (TPSA) is 43.1 Å². The largest absolute Gasteiger partial charge is 0.369 e. The van der Waals surface area contributed by atoms with Crippen LogP contribution in [0.4, 0.5) is 0 Å². The molecule has 0 aromatic rings. The molecule has 0 aromatic carbocycles. The quantitative estimate of drug-likeness (QED) is 0.618. The molecule has 2 N–H and O–H groups in total. The summed E-state index contributed by atoms with van der Waals surface area (Å²) in [5.41, 5.74) is 6.13. The summed E-state index contributed by atoms with van der Waals surface area (Å²) >= 11 is 0. The van der Waals surface area contributed by atoms with Gasteiger partial charge in [0.25, 0.3) is 0 Å². The molecule has 1 aliphatic rings. The first-order chi connectivity index (χ1) is 9.87. The maximum atomic E-state index is 12.1. The summed E-state index contributed by atoms with van der Waals surface area (Å²) in [7, 11) is 0. The Balaban J connectivity index is 2.84. The summed E-state index contributed by atoms with van der Waals surface area (Å²) in [5.74, 6) is 1.54. The van der Waals surface area contributed by atoms with Crippen molar-refractivity contribution in [3.63, 3.8) is 0 Å². The summed E-state index contributed by atoms with van der Waals surface area (Å²) in [6.45, 7) is 11.4. The lowest BCUT2D eigenvalue weighted by Gasteiger charge is -2.50. The zero-order valence-electron chi connectivity index (χ0n) is 15.0. The molecule has 0 aliphatic heterocycles. The Morgan fingerprint density at radius 1 is 1.24 bits per heavy atom. The Bertz CT molecular complexity index is 326. The Morgan fingerprint density at radius 3 is 2.38 bits per heavy atom. The van der Waals surface area contributed by atoms with E-state index in [0.29, 0.717) is 23.2 Å². The molecule has 4 atom stereocenters. The molecule has 0 radical (unpaired) electrons. The number of primary amides is 1. The molecule has 1 rings (SSSR count). The van der Waals surface area contributed by atoms with Gasteiger partial charge in [-0.25, -0.2) is 0 Å². The van der Waals surface area contributed by atoms with E-state index in [4.69, 9.17) is 5.73 Å². The maximum Gasteiger partial charge on any atom is 0.221 e. The van der Waals surface area contributed by atoms with Crippen LogP contribution in [0.25, 0.3) is 0 Å². The molecule has 1 amide bonds. The van der Waals surface area contributed by atoms with Crippen molar-refractivity contribution in [3.8, 4) is 0 Å². The fraction of sp³-hybridized carbons (Fsp3) is 0.947. The Labute approximate surface area is 132 Å². The number of hydrogen-bond acceptors (Lipinski definition) is 1. The van der Waals surface area contributed by atoms with E-state index in [9.17, 15) is 4.79 Å². The normalized spacial score (nSPS) is 33.3. The number of amides is 1. The van der Waals surface area contributed by atoms with Crippen molar-refractivity contribution < 1.29 is 4.79 Å². The molecule has 1 fully saturated rings. The van der Waals surface area contributed by atoms with E-state index in [1.165, 1.54) is 44.9 Å². The van der Waals surface area contributed by atoms with Crippen molar-refractivity contribution in [2.75, 3.05) is 0 Å². The molecule has 0 aromatic heterocycles. The first-order valence-electron chi connectivity index (χ1n) is 9.16. The zero-order chi connectivity index (χ0) is 16.0. The summed E-state index contributed by atoms with van der Waals surface area (Å²) in [4.78, 5) is 12.1. The van der Waals surface area contributed by atoms with Crippen molar-refractivity contribution >= 4 is 5.91 Å². The first kappa shape index (κ1) is 18.5. The van der Waals surface area contributed by atoms with Crippen LogP contribution in [0.1, 0.15) is 86.0 Å². The van der Waals surface area contributed by atoms with Gasteiger partial charge in [0.15, 0.2) is 0 Å². The lowest BCUT2D eigenvalue weighted by atomic mass is 9.54. The Hall–Kier alpha value is -0.530. The molecule has 2 nitrogen and oxygen atoms in total. The van der Waals surface area contributed by atoms with Gasteiger partial charge >= 0.3 is 0 Å². The van der Waals surface area contributed by atoms with Crippen molar-refractivity contribution in [2.24, 2.45) is 34.8 Å². The van der Waals surface area contributed by atoms with Crippen LogP contribution < -0.4 is 5.73 Å². The van der Waals surface area contributed by atoms with E-state index in [-0.39, 0.29) is 11.8 Å². The van der Waals surface area contributed by atoms with Crippen LogP contribution in [-0.2, 0) is 4.79 Å². The van der Waals surface area contributed by atoms with Crippen LogP contribution in [0.3, 0.4) is 0 Å². The molecule has 1 saturated carbocycles. The van der Waals surface area contributed by atoms with E-state index in [1.54, 1.807) is 0 Å². The number of carbonyl (C=O) groups is 1. The van der Waals surface area contributed by atoms with Gasteiger partial charge in [0.05, 0.1) is 0 Å². The fourth-order valence-corrected chi connectivity index (χ4v) is 4.76. The monoisotopic (exact) mass is 295 g/mol. The highest BCUT2D eigenvalue weighted by Gasteiger charge is 2.47. The van der Waals surface area contributed by atoms with Crippen molar-refractivity contribution in [1.82, 2.24) is 0 Å². The van der Waals surface area contributed by atoms with Crippen LogP contribution in [-0.4, -0.2) is 5.91 Å². The van der Waals surface area contributed by atoms with Crippen LogP contribution in [0.5, 0.6) is 0 Å². The smallest absolute Gasteiger partial charge is 0.221 e. The number of carbonyl (C=O) groups excluding carboxylic acids is 1. The van der Waals surface area contributed by atoms with Gasteiger partial charge in [-0.2, -0.15) is 0 Å². The van der Waals surface area contributed by atoms with Crippen LogP contribution >= 0.6 is 0 Å². The van der Waals surface area contributed by atoms with Crippen LogP contribution in [0.15, 0.2) is 0 Å². The van der Waals surface area contributed by atoms with Gasteiger partial charge < -0.3 is 5.73 Å². The lowest BCUT2D eigenvalue weighted by Crippen LogP contribution is -2.48. The summed E-state index contributed by atoms with van der Waals surface area (Å²) < 4.78 is 0. The van der Waals surface area contributed by atoms with E-state index in [0.717, 1.165) is 6.42 Å². The number of unbranched alkanes of at least 4 members (excludes halogenated alkanes) is 3. The van der Waals surface area contributed by atoms with Crippen molar-refractivity contribution in [2.45, 2.75) is 86.0 Å². The first-order valence-corrected chi connectivity index (χ1v) is 9.16. The van der Waals surface area contributed by atoms with Gasteiger partial charge in [-0.1, -0.05) is 66.7 Å². The van der Waals surface area contributed by atoms with Gasteiger partial charge in [0, 0.05) is 5.92 Å². The second kappa shape index (κ2) is 8.19. The highest BCUT2D eigenvalue weighted by molar-refractivity contribution is 5.77. The number of rotatable bonds is 8. The third-order valence-corrected chi connectivity index (χ3v) is 6.06. The van der Waals surface area contributed by atoms with Crippen molar-refractivity contribution in [3.05, 3.63) is 0 Å². The van der Waals surface area contributed by atoms with E-state index < -0.39 is 0 Å². The molecule has 1 aliphatic carbocycles. The highest BCUT2D eigenvalue weighted by atomic mass is 16.1. The highest BCUT2D eigenvalue weighted by Crippen LogP contribution is 2.52. The predicted octanol–water partition coefficient (Wildman–Crippen LogP) is 5.16. The number of hydrogen-bond donors (Lipinski definition) is 1. The lowest BCUT2D eigenvalue weighted by molar-refractivity contribution is -0.133. The molecule has 4 unspecified atom stereocenters. The Morgan fingerprint density at radius 2 is 1.90 bits per heavy atom. The summed E-state index contributed by atoms with van der Waals surface area (Å²) in [6.07, 6.45) is 10.0. The molecular formula is C19H37NO. The van der Waals surface area contributed by atoms with E-state index >= 15 is 0 Å². The molecule has 2 heteroatoms. The second-order valence-corrected chi connectivity index (χ2v) is 7.85. The minimum absolute atomic E-state index is 0.0555. The van der Waals surface area contributed by atoms with Crippen LogP contribution in [0.2, 0.25) is 0 Å².